The predicted molar refractivity (Wildman–Crippen MR) is 74.2 cm³/mol. The van der Waals surface area contributed by atoms with Crippen molar-refractivity contribution in [2.75, 3.05) is 13.9 Å². The van der Waals surface area contributed by atoms with Gasteiger partial charge < -0.3 is 19.5 Å². The standard InChI is InChI=1S/C14H15BO4/c1-18-10-19-14-8-4-12(5-9-14)11-2-6-13(7-3-11)15(16)17/h2-9,16-17H,10H2,1H3. The lowest BCUT2D eigenvalue weighted by molar-refractivity contribution is 0.0511. The Morgan fingerprint density at radius 1 is 0.895 bits per heavy atom. The third kappa shape index (κ3) is 3.57. The maximum Gasteiger partial charge on any atom is 0.488 e. The van der Waals surface area contributed by atoms with E-state index in [-0.39, 0.29) is 6.79 Å². The van der Waals surface area contributed by atoms with Crippen LogP contribution >= 0.6 is 0 Å². The zero-order chi connectivity index (χ0) is 13.7. The molecule has 0 unspecified atom stereocenters. The van der Waals surface area contributed by atoms with E-state index in [1.807, 2.05) is 36.4 Å². The number of rotatable bonds is 5. The minimum absolute atomic E-state index is 0.225. The molecule has 0 aromatic heterocycles. The summed E-state index contributed by atoms with van der Waals surface area (Å²) in [7, 11) is 0.143. The van der Waals surface area contributed by atoms with Crippen LogP contribution in [-0.2, 0) is 4.74 Å². The summed E-state index contributed by atoms with van der Waals surface area (Å²) in [5.74, 6) is 0.744. The van der Waals surface area contributed by atoms with Crippen LogP contribution in [0.4, 0.5) is 0 Å². The Balaban J connectivity index is 2.13. The SMILES string of the molecule is COCOc1ccc(-c2ccc(B(O)O)cc2)cc1. The number of methoxy groups -OCH3 is 1. The van der Waals surface area contributed by atoms with E-state index in [4.69, 9.17) is 19.5 Å². The van der Waals surface area contributed by atoms with Crippen LogP contribution < -0.4 is 10.2 Å². The van der Waals surface area contributed by atoms with E-state index < -0.39 is 7.12 Å². The number of hydrogen-bond donors (Lipinski definition) is 2. The molecular weight excluding hydrogens is 243 g/mol. The average molecular weight is 258 g/mol. The van der Waals surface area contributed by atoms with Crippen molar-refractivity contribution in [3.63, 3.8) is 0 Å². The lowest BCUT2D eigenvalue weighted by Crippen LogP contribution is -2.29. The van der Waals surface area contributed by atoms with Crippen molar-refractivity contribution < 1.29 is 19.5 Å². The normalized spacial score (nSPS) is 10.3. The summed E-state index contributed by atoms with van der Waals surface area (Å²) < 4.78 is 10.1. The second kappa shape index (κ2) is 6.38. The first-order valence-corrected chi connectivity index (χ1v) is 5.89. The van der Waals surface area contributed by atoms with Gasteiger partial charge >= 0.3 is 7.12 Å². The lowest BCUT2D eigenvalue weighted by atomic mass is 9.80. The Morgan fingerprint density at radius 2 is 1.42 bits per heavy atom. The molecule has 0 heterocycles. The van der Waals surface area contributed by atoms with E-state index in [2.05, 4.69) is 0 Å². The molecule has 0 amide bonds. The second-order valence-electron chi connectivity index (χ2n) is 4.07. The molecule has 0 bridgehead atoms. The fraction of sp³-hybridized carbons (Fsp3) is 0.143. The Bertz CT molecular complexity index is 508. The summed E-state index contributed by atoms with van der Waals surface area (Å²) >= 11 is 0. The van der Waals surface area contributed by atoms with Crippen molar-refractivity contribution in [3.8, 4) is 16.9 Å². The van der Waals surface area contributed by atoms with E-state index in [9.17, 15) is 0 Å². The highest BCUT2D eigenvalue weighted by atomic mass is 16.7. The van der Waals surface area contributed by atoms with E-state index in [0.717, 1.165) is 16.9 Å². The molecule has 19 heavy (non-hydrogen) atoms. The molecule has 4 nitrogen and oxygen atoms in total. The Labute approximate surface area is 112 Å². The van der Waals surface area contributed by atoms with Crippen molar-refractivity contribution in [3.05, 3.63) is 48.5 Å². The van der Waals surface area contributed by atoms with Crippen LogP contribution in [0.3, 0.4) is 0 Å². The molecule has 98 valence electrons. The maximum absolute atomic E-state index is 9.03. The molecule has 0 aliphatic heterocycles. The van der Waals surface area contributed by atoms with Crippen LogP contribution in [0.2, 0.25) is 0 Å². The zero-order valence-electron chi connectivity index (χ0n) is 10.6. The van der Waals surface area contributed by atoms with Crippen LogP contribution in [0, 0.1) is 0 Å². The fourth-order valence-electron chi connectivity index (χ4n) is 1.72. The van der Waals surface area contributed by atoms with Gasteiger partial charge in [-0.05, 0) is 28.7 Å². The molecule has 2 rings (SSSR count). The summed E-state index contributed by atoms with van der Waals surface area (Å²) in [5.41, 5.74) is 2.51. The van der Waals surface area contributed by atoms with Crippen molar-refractivity contribution >= 4 is 12.6 Å². The molecule has 0 atom stereocenters. The molecule has 0 spiro atoms. The average Bonchev–Trinajstić information content (AvgIpc) is 2.46. The van der Waals surface area contributed by atoms with Crippen molar-refractivity contribution in [2.45, 2.75) is 0 Å². The highest BCUT2D eigenvalue weighted by Crippen LogP contribution is 2.21. The van der Waals surface area contributed by atoms with Gasteiger partial charge in [-0.15, -0.1) is 0 Å². The smallest absolute Gasteiger partial charge is 0.468 e. The first kappa shape index (κ1) is 13.6. The van der Waals surface area contributed by atoms with Crippen molar-refractivity contribution in [1.82, 2.24) is 0 Å². The molecule has 0 aliphatic carbocycles. The summed E-state index contributed by atoms with van der Waals surface area (Å²) in [6.45, 7) is 0.225. The van der Waals surface area contributed by atoms with Gasteiger partial charge in [-0.2, -0.15) is 0 Å². The molecule has 5 heteroatoms. The zero-order valence-corrected chi connectivity index (χ0v) is 10.6. The quantitative estimate of drug-likeness (QED) is 0.621. The first-order chi connectivity index (χ1) is 9.20. The maximum atomic E-state index is 9.03. The Hall–Kier alpha value is -1.82. The van der Waals surface area contributed by atoms with Gasteiger partial charge in [0.25, 0.3) is 0 Å². The number of benzene rings is 2. The predicted octanol–water partition coefficient (Wildman–Crippen LogP) is 1.02. The van der Waals surface area contributed by atoms with Gasteiger partial charge in [0.15, 0.2) is 6.79 Å². The highest BCUT2D eigenvalue weighted by Gasteiger charge is 2.09. The topological polar surface area (TPSA) is 58.9 Å². The molecular formula is C14H15BO4. The van der Waals surface area contributed by atoms with E-state index in [1.165, 1.54) is 0 Å². The number of hydrogen-bond acceptors (Lipinski definition) is 4. The van der Waals surface area contributed by atoms with E-state index in [0.29, 0.717) is 5.46 Å². The van der Waals surface area contributed by atoms with Gasteiger partial charge in [0, 0.05) is 7.11 Å². The largest absolute Gasteiger partial charge is 0.488 e. The summed E-state index contributed by atoms with van der Waals surface area (Å²) in [4.78, 5) is 0. The van der Waals surface area contributed by atoms with Crippen LogP contribution in [0.1, 0.15) is 0 Å². The van der Waals surface area contributed by atoms with Crippen molar-refractivity contribution in [2.24, 2.45) is 0 Å². The first-order valence-electron chi connectivity index (χ1n) is 5.89. The molecule has 2 aromatic carbocycles. The van der Waals surface area contributed by atoms with Crippen LogP contribution in [0.5, 0.6) is 5.75 Å². The molecule has 0 saturated heterocycles. The highest BCUT2D eigenvalue weighted by molar-refractivity contribution is 6.58. The minimum atomic E-state index is -1.43. The minimum Gasteiger partial charge on any atom is -0.468 e. The Morgan fingerprint density at radius 3 is 1.89 bits per heavy atom. The molecule has 2 aromatic rings. The second-order valence-corrected chi connectivity index (χ2v) is 4.07. The monoisotopic (exact) mass is 258 g/mol. The summed E-state index contributed by atoms with van der Waals surface area (Å²) in [6.07, 6.45) is 0. The van der Waals surface area contributed by atoms with Gasteiger partial charge in [-0.3, -0.25) is 0 Å². The van der Waals surface area contributed by atoms with Gasteiger partial charge in [0.05, 0.1) is 0 Å². The van der Waals surface area contributed by atoms with Gasteiger partial charge in [-0.1, -0.05) is 36.4 Å². The van der Waals surface area contributed by atoms with Gasteiger partial charge in [0.2, 0.25) is 0 Å². The third-order valence-corrected chi connectivity index (χ3v) is 2.74. The summed E-state index contributed by atoms with van der Waals surface area (Å²) in [5, 5.41) is 18.1. The van der Waals surface area contributed by atoms with Gasteiger partial charge in [0.1, 0.15) is 5.75 Å². The van der Waals surface area contributed by atoms with Crippen LogP contribution in [0.25, 0.3) is 11.1 Å². The summed E-state index contributed by atoms with van der Waals surface area (Å²) in [6, 6.07) is 14.7. The van der Waals surface area contributed by atoms with Crippen LogP contribution in [0.15, 0.2) is 48.5 Å². The van der Waals surface area contributed by atoms with Crippen molar-refractivity contribution in [1.29, 1.82) is 0 Å². The fourth-order valence-corrected chi connectivity index (χ4v) is 1.72. The molecule has 0 aliphatic rings. The lowest BCUT2D eigenvalue weighted by Gasteiger charge is -2.07. The molecule has 0 saturated carbocycles. The molecule has 2 N–H and O–H groups in total. The number of ether oxygens (including phenoxy) is 2. The van der Waals surface area contributed by atoms with E-state index >= 15 is 0 Å². The molecule has 0 radical (unpaired) electrons. The third-order valence-electron chi connectivity index (χ3n) is 2.74. The van der Waals surface area contributed by atoms with Crippen LogP contribution in [-0.4, -0.2) is 31.1 Å². The Kier molecular flexibility index (Phi) is 4.57. The molecule has 0 fully saturated rings. The van der Waals surface area contributed by atoms with E-state index in [1.54, 1.807) is 19.2 Å². The van der Waals surface area contributed by atoms with Gasteiger partial charge in [-0.25, -0.2) is 0 Å².